The molecule has 2 heterocycles. The number of nitrogens with two attached hydrogens (primary N) is 1. The van der Waals surface area contributed by atoms with Crippen molar-refractivity contribution in [1.82, 2.24) is 9.97 Å². The molecule has 1 aliphatic rings. The van der Waals surface area contributed by atoms with Gasteiger partial charge in [-0.15, -0.1) is 0 Å². The molecule has 0 spiro atoms. The summed E-state index contributed by atoms with van der Waals surface area (Å²) in [5, 5.41) is 9.15. The van der Waals surface area contributed by atoms with Crippen LogP contribution in [-0.2, 0) is 0 Å². The van der Waals surface area contributed by atoms with Crippen molar-refractivity contribution in [1.29, 1.82) is 0 Å². The molecule has 0 amide bonds. The number of nitrogens with zero attached hydrogens (tertiary/aromatic N) is 3. The highest BCUT2D eigenvalue weighted by atomic mass is 16.3. The number of hydrazine groups is 1. The van der Waals surface area contributed by atoms with Crippen LogP contribution in [0.15, 0.2) is 6.07 Å². The van der Waals surface area contributed by atoms with Gasteiger partial charge in [-0.05, 0) is 32.6 Å². The molecule has 6 nitrogen and oxygen atoms in total. The molecule has 1 aromatic rings. The standard InChI is InChI=1S/C12H21N5O/c1-9-14-11(16-13)8-12(15-9)17-6-3-2-4-10(17)5-7-18/h8,10,18H,2-7,13H2,1H3,(H,14,15,16). The first-order chi connectivity index (χ1) is 8.74. The molecule has 4 N–H and O–H groups in total. The summed E-state index contributed by atoms with van der Waals surface area (Å²) in [7, 11) is 0. The smallest absolute Gasteiger partial charge is 0.145 e. The summed E-state index contributed by atoms with van der Waals surface area (Å²) in [4.78, 5) is 10.9. The molecule has 2 rings (SSSR count). The highest BCUT2D eigenvalue weighted by Gasteiger charge is 2.23. The predicted molar refractivity (Wildman–Crippen MR) is 71.3 cm³/mol. The normalized spacial score (nSPS) is 19.9. The summed E-state index contributed by atoms with van der Waals surface area (Å²) >= 11 is 0. The van der Waals surface area contributed by atoms with Gasteiger partial charge in [-0.1, -0.05) is 0 Å². The molecule has 1 atom stereocenters. The van der Waals surface area contributed by atoms with E-state index in [1.165, 1.54) is 6.42 Å². The van der Waals surface area contributed by atoms with Crippen molar-refractivity contribution >= 4 is 11.6 Å². The third-order valence-corrected chi connectivity index (χ3v) is 3.36. The van der Waals surface area contributed by atoms with Crippen LogP contribution in [0.4, 0.5) is 11.6 Å². The second kappa shape index (κ2) is 5.97. The average molecular weight is 251 g/mol. The Bertz CT molecular complexity index is 396. The van der Waals surface area contributed by atoms with Gasteiger partial charge in [-0.2, -0.15) is 0 Å². The van der Waals surface area contributed by atoms with Crippen molar-refractivity contribution in [3.8, 4) is 0 Å². The fourth-order valence-electron chi connectivity index (χ4n) is 2.52. The van der Waals surface area contributed by atoms with E-state index in [0.29, 0.717) is 17.7 Å². The SMILES string of the molecule is Cc1nc(NN)cc(N2CCCCC2CCO)n1. The van der Waals surface area contributed by atoms with Gasteiger partial charge < -0.3 is 15.4 Å². The summed E-state index contributed by atoms with van der Waals surface area (Å²) < 4.78 is 0. The van der Waals surface area contributed by atoms with E-state index in [9.17, 15) is 0 Å². The van der Waals surface area contributed by atoms with Crippen LogP contribution >= 0.6 is 0 Å². The Labute approximate surface area is 107 Å². The first kappa shape index (κ1) is 13.0. The molecule has 1 aromatic heterocycles. The van der Waals surface area contributed by atoms with Gasteiger partial charge in [0.1, 0.15) is 17.5 Å². The van der Waals surface area contributed by atoms with Crippen LogP contribution in [0.3, 0.4) is 0 Å². The molecule has 1 unspecified atom stereocenters. The molecule has 1 aliphatic heterocycles. The quantitative estimate of drug-likeness (QED) is 0.542. The van der Waals surface area contributed by atoms with Crippen molar-refractivity contribution in [3.63, 3.8) is 0 Å². The number of aryl methyl sites for hydroxylation is 1. The molecule has 18 heavy (non-hydrogen) atoms. The lowest BCUT2D eigenvalue weighted by atomic mass is 10.00. The van der Waals surface area contributed by atoms with Crippen LogP contribution in [0.25, 0.3) is 0 Å². The van der Waals surface area contributed by atoms with Gasteiger partial charge in [0.15, 0.2) is 0 Å². The first-order valence-corrected chi connectivity index (χ1v) is 6.44. The molecule has 6 heteroatoms. The van der Waals surface area contributed by atoms with Crippen LogP contribution < -0.4 is 16.2 Å². The molecular formula is C12H21N5O. The zero-order chi connectivity index (χ0) is 13.0. The van der Waals surface area contributed by atoms with Crippen LogP contribution in [0.1, 0.15) is 31.5 Å². The second-order valence-corrected chi connectivity index (χ2v) is 4.66. The van der Waals surface area contributed by atoms with E-state index in [1.54, 1.807) is 0 Å². The molecule has 1 fully saturated rings. The molecule has 0 aliphatic carbocycles. The van der Waals surface area contributed by atoms with Crippen molar-refractivity contribution in [2.24, 2.45) is 5.84 Å². The van der Waals surface area contributed by atoms with Gasteiger partial charge in [-0.3, -0.25) is 0 Å². The van der Waals surface area contributed by atoms with Gasteiger partial charge in [0, 0.05) is 25.3 Å². The number of piperidine rings is 1. The summed E-state index contributed by atoms with van der Waals surface area (Å²) in [5.41, 5.74) is 2.57. The van der Waals surface area contributed by atoms with Crippen LogP contribution in [0.5, 0.6) is 0 Å². The highest BCUT2D eigenvalue weighted by molar-refractivity contribution is 5.49. The Morgan fingerprint density at radius 1 is 1.50 bits per heavy atom. The lowest BCUT2D eigenvalue weighted by Gasteiger charge is -2.36. The van der Waals surface area contributed by atoms with Crippen molar-refractivity contribution in [2.75, 3.05) is 23.5 Å². The van der Waals surface area contributed by atoms with Gasteiger partial charge in [-0.25, -0.2) is 15.8 Å². The maximum absolute atomic E-state index is 9.15. The number of anilines is 2. The molecule has 0 radical (unpaired) electrons. The topological polar surface area (TPSA) is 87.3 Å². The third-order valence-electron chi connectivity index (χ3n) is 3.36. The lowest BCUT2D eigenvalue weighted by molar-refractivity contribution is 0.262. The highest BCUT2D eigenvalue weighted by Crippen LogP contribution is 2.26. The molecule has 0 bridgehead atoms. The molecule has 100 valence electrons. The second-order valence-electron chi connectivity index (χ2n) is 4.66. The van der Waals surface area contributed by atoms with Crippen molar-refractivity contribution in [2.45, 2.75) is 38.6 Å². The van der Waals surface area contributed by atoms with E-state index in [-0.39, 0.29) is 6.61 Å². The molecular weight excluding hydrogens is 230 g/mol. The van der Waals surface area contributed by atoms with Crippen LogP contribution in [0, 0.1) is 6.92 Å². The van der Waals surface area contributed by atoms with Crippen LogP contribution in [0.2, 0.25) is 0 Å². The van der Waals surface area contributed by atoms with Crippen molar-refractivity contribution < 1.29 is 5.11 Å². The number of hydrogen-bond donors (Lipinski definition) is 3. The van der Waals surface area contributed by atoms with E-state index in [0.717, 1.165) is 31.6 Å². The van der Waals surface area contributed by atoms with Gasteiger partial charge in [0.25, 0.3) is 0 Å². The van der Waals surface area contributed by atoms with Gasteiger partial charge in [0.2, 0.25) is 0 Å². The Morgan fingerprint density at radius 2 is 2.33 bits per heavy atom. The van der Waals surface area contributed by atoms with E-state index in [1.807, 2.05) is 13.0 Å². The van der Waals surface area contributed by atoms with Crippen molar-refractivity contribution in [3.05, 3.63) is 11.9 Å². The minimum atomic E-state index is 0.216. The van der Waals surface area contributed by atoms with E-state index >= 15 is 0 Å². The number of nitrogen functional groups attached to an aromatic ring is 1. The largest absolute Gasteiger partial charge is 0.396 e. The average Bonchev–Trinajstić information content (AvgIpc) is 2.39. The number of aliphatic hydroxyl groups excluding tert-OH is 1. The molecule has 0 saturated carbocycles. The zero-order valence-corrected chi connectivity index (χ0v) is 10.8. The maximum Gasteiger partial charge on any atom is 0.145 e. The summed E-state index contributed by atoms with van der Waals surface area (Å²) in [6.45, 7) is 3.05. The number of nitrogens with one attached hydrogen (secondary N) is 1. The summed E-state index contributed by atoms with van der Waals surface area (Å²) in [6, 6.07) is 2.23. The zero-order valence-electron chi connectivity index (χ0n) is 10.8. The Balaban J connectivity index is 2.24. The Hall–Kier alpha value is -1.40. The third kappa shape index (κ3) is 2.88. The lowest BCUT2D eigenvalue weighted by Crippen LogP contribution is -2.40. The molecule has 0 aromatic carbocycles. The van der Waals surface area contributed by atoms with Gasteiger partial charge >= 0.3 is 0 Å². The number of aromatic nitrogens is 2. The predicted octanol–water partition coefficient (Wildman–Crippen LogP) is 0.812. The maximum atomic E-state index is 9.15. The number of aliphatic hydroxyl groups is 1. The minimum Gasteiger partial charge on any atom is -0.396 e. The van der Waals surface area contributed by atoms with Gasteiger partial charge in [0.05, 0.1) is 0 Å². The fourth-order valence-corrected chi connectivity index (χ4v) is 2.52. The Kier molecular flexibility index (Phi) is 4.33. The van der Waals surface area contributed by atoms with Crippen LogP contribution in [-0.4, -0.2) is 34.3 Å². The Morgan fingerprint density at radius 3 is 3.06 bits per heavy atom. The summed E-state index contributed by atoms with van der Waals surface area (Å²) in [6.07, 6.45) is 4.27. The summed E-state index contributed by atoms with van der Waals surface area (Å²) in [5.74, 6) is 7.64. The van der Waals surface area contributed by atoms with E-state index in [4.69, 9.17) is 10.9 Å². The minimum absolute atomic E-state index is 0.216. The number of rotatable bonds is 4. The van der Waals surface area contributed by atoms with E-state index in [2.05, 4.69) is 20.3 Å². The first-order valence-electron chi connectivity index (χ1n) is 6.44. The fraction of sp³-hybridized carbons (Fsp3) is 0.667. The number of hydrogen-bond acceptors (Lipinski definition) is 6. The monoisotopic (exact) mass is 251 g/mol. The van der Waals surface area contributed by atoms with E-state index < -0.39 is 0 Å². The molecule has 1 saturated heterocycles.